The number of hydrogen-bond donors (Lipinski definition) is 2. The third kappa shape index (κ3) is 3.22. The smallest absolute Gasteiger partial charge is 0.315 e. The predicted octanol–water partition coefficient (Wildman–Crippen LogP) is 3.16. The van der Waals surface area contributed by atoms with Crippen LogP contribution in [-0.2, 0) is 4.74 Å². The van der Waals surface area contributed by atoms with E-state index in [-0.39, 0.29) is 18.1 Å². The highest BCUT2D eigenvalue weighted by molar-refractivity contribution is 5.75. The Morgan fingerprint density at radius 2 is 1.92 bits per heavy atom. The van der Waals surface area contributed by atoms with Gasteiger partial charge in [0, 0.05) is 24.1 Å². The number of rotatable bonds is 2. The lowest BCUT2D eigenvalue weighted by molar-refractivity contribution is 0.0548. The quantitative estimate of drug-likeness (QED) is 0.876. The lowest BCUT2D eigenvalue weighted by Crippen LogP contribution is -2.49. The van der Waals surface area contributed by atoms with Crippen molar-refractivity contribution in [2.24, 2.45) is 5.92 Å². The first-order chi connectivity index (χ1) is 11.8. The molecular formula is C19H26N2O3. The molecule has 4 atom stereocenters. The Morgan fingerprint density at radius 1 is 1.00 bits per heavy atom. The van der Waals surface area contributed by atoms with Crippen molar-refractivity contribution in [3.05, 3.63) is 29.8 Å². The van der Waals surface area contributed by atoms with Crippen LogP contribution in [0.2, 0.25) is 0 Å². The van der Waals surface area contributed by atoms with E-state index in [0.717, 1.165) is 56.4 Å². The monoisotopic (exact) mass is 330 g/mol. The second-order valence-corrected chi connectivity index (χ2v) is 7.10. The molecular weight excluding hydrogens is 304 g/mol. The SMILES string of the molecule is O=C(N[C@@H]1CCCOc2ccccc21)N[C@@H]1CCC[C@@H]2OCC[C@H]21. The van der Waals surface area contributed by atoms with Gasteiger partial charge < -0.3 is 20.1 Å². The van der Waals surface area contributed by atoms with Crippen LogP contribution in [0.25, 0.3) is 0 Å². The molecule has 2 N–H and O–H groups in total. The van der Waals surface area contributed by atoms with Gasteiger partial charge in [0.05, 0.1) is 18.8 Å². The minimum absolute atomic E-state index is 0.0166. The summed E-state index contributed by atoms with van der Waals surface area (Å²) >= 11 is 0. The topological polar surface area (TPSA) is 59.6 Å². The van der Waals surface area contributed by atoms with E-state index in [1.54, 1.807) is 0 Å². The molecule has 2 amide bonds. The van der Waals surface area contributed by atoms with E-state index in [4.69, 9.17) is 9.47 Å². The van der Waals surface area contributed by atoms with Crippen molar-refractivity contribution >= 4 is 6.03 Å². The van der Waals surface area contributed by atoms with Crippen LogP contribution in [0.3, 0.4) is 0 Å². The molecule has 2 aliphatic heterocycles. The Labute approximate surface area is 143 Å². The number of carbonyl (C=O) groups is 1. The zero-order valence-electron chi connectivity index (χ0n) is 14.0. The number of nitrogens with one attached hydrogen (secondary N) is 2. The Bertz CT molecular complexity index is 592. The van der Waals surface area contributed by atoms with Crippen LogP contribution < -0.4 is 15.4 Å². The minimum atomic E-state index is -0.0609. The van der Waals surface area contributed by atoms with Crippen LogP contribution in [0.15, 0.2) is 24.3 Å². The van der Waals surface area contributed by atoms with Crippen LogP contribution >= 0.6 is 0 Å². The molecule has 1 aromatic rings. The Hall–Kier alpha value is -1.75. The first kappa shape index (κ1) is 15.8. The molecule has 5 nitrogen and oxygen atoms in total. The molecule has 1 aliphatic carbocycles. The fourth-order valence-corrected chi connectivity index (χ4v) is 4.40. The summed E-state index contributed by atoms with van der Waals surface area (Å²) in [5, 5.41) is 6.39. The van der Waals surface area contributed by atoms with Crippen LogP contribution in [0.1, 0.15) is 50.1 Å². The van der Waals surface area contributed by atoms with Gasteiger partial charge in [0.2, 0.25) is 0 Å². The lowest BCUT2D eigenvalue weighted by Gasteiger charge is -2.33. The number of ether oxygens (including phenoxy) is 2. The molecule has 1 aromatic carbocycles. The summed E-state index contributed by atoms with van der Waals surface area (Å²) in [5.74, 6) is 1.37. The van der Waals surface area contributed by atoms with Gasteiger partial charge in [-0.15, -0.1) is 0 Å². The summed E-state index contributed by atoms with van der Waals surface area (Å²) in [7, 11) is 0. The van der Waals surface area contributed by atoms with Gasteiger partial charge >= 0.3 is 6.03 Å². The van der Waals surface area contributed by atoms with Crippen LogP contribution in [-0.4, -0.2) is 31.4 Å². The van der Waals surface area contributed by atoms with Gasteiger partial charge in [-0.05, 0) is 44.6 Å². The number of urea groups is 1. The number of amides is 2. The normalized spacial score (nSPS) is 32.0. The Kier molecular flexibility index (Phi) is 4.60. The van der Waals surface area contributed by atoms with Gasteiger partial charge in [-0.2, -0.15) is 0 Å². The third-order valence-corrected chi connectivity index (χ3v) is 5.59. The molecule has 1 saturated carbocycles. The molecule has 0 aromatic heterocycles. The second-order valence-electron chi connectivity index (χ2n) is 7.10. The molecule has 24 heavy (non-hydrogen) atoms. The first-order valence-corrected chi connectivity index (χ1v) is 9.21. The van der Waals surface area contributed by atoms with E-state index in [9.17, 15) is 4.79 Å². The Balaban J connectivity index is 1.41. The van der Waals surface area contributed by atoms with Gasteiger partial charge in [0.25, 0.3) is 0 Å². The van der Waals surface area contributed by atoms with Crippen LogP contribution in [0.4, 0.5) is 4.79 Å². The molecule has 130 valence electrons. The molecule has 0 unspecified atom stereocenters. The van der Waals surface area contributed by atoms with Crippen molar-refractivity contribution in [3.8, 4) is 5.75 Å². The van der Waals surface area contributed by atoms with Gasteiger partial charge in [-0.1, -0.05) is 18.2 Å². The van der Waals surface area contributed by atoms with E-state index >= 15 is 0 Å². The fraction of sp³-hybridized carbons (Fsp3) is 0.632. The molecule has 2 fully saturated rings. The number of para-hydroxylation sites is 1. The summed E-state index contributed by atoms with van der Waals surface area (Å²) in [6, 6.07) is 8.20. The highest BCUT2D eigenvalue weighted by atomic mass is 16.5. The molecule has 2 heterocycles. The second kappa shape index (κ2) is 7.01. The molecule has 0 bridgehead atoms. The number of fused-ring (bicyclic) bond motifs is 2. The molecule has 4 rings (SSSR count). The summed E-state index contributed by atoms with van der Waals surface area (Å²) < 4.78 is 11.6. The van der Waals surface area contributed by atoms with Crippen molar-refractivity contribution in [1.82, 2.24) is 10.6 Å². The van der Waals surface area contributed by atoms with Gasteiger partial charge in [-0.25, -0.2) is 4.79 Å². The van der Waals surface area contributed by atoms with Crippen molar-refractivity contribution in [3.63, 3.8) is 0 Å². The molecule has 5 heteroatoms. The average molecular weight is 330 g/mol. The van der Waals surface area contributed by atoms with Crippen molar-refractivity contribution in [2.75, 3.05) is 13.2 Å². The third-order valence-electron chi connectivity index (χ3n) is 5.59. The minimum Gasteiger partial charge on any atom is -0.493 e. The first-order valence-electron chi connectivity index (χ1n) is 9.21. The van der Waals surface area contributed by atoms with Crippen LogP contribution in [0.5, 0.6) is 5.75 Å². The van der Waals surface area contributed by atoms with Crippen LogP contribution in [0, 0.1) is 5.92 Å². The van der Waals surface area contributed by atoms with Crippen molar-refractivity contribution < 1.29 is 14.3 Å². The van der Waals surface area contributed by atoms with Crippen molar-refractivity contribution in [2.45, 2.75) is 56.7 Å². The van der Waals surface area contributed by atoms with E-state index in [0.29, 0.717) is 18.6 Å². The van der Waals surface area contributed by atoms with Crippen molar-refractivity contribution in [1.29, 1.82) is 0 Å². The van der Waals surface area contributed by atoms with Gasteiger partial charge in [0.15, 0.2) is 0 Å². The summed E-state index contributed by atoms with van der Waals surface area (Å²) in [6.45, 7) is 1.54. The van der Waals surface area contributed by atoms with E-state index in [1.807, 2.05) is 24.3 Å². The van der Waals surface area contributed by atoms with E-state index in [1.165, 1.54) is 0 Å². The summed E-state index contributed by atoms with van der Waals surface area (Å²) in [5.41, 5.74) is 1.08. The maximum atomic E-state index is 12.6. The number of benzene rings is 1. The standard InChI is InChI=1S/C19H26N2O3/c22-19(20-15-6-3-9-18-14(15)10-12-24-18)21-16-7-4-11-23-17-8-2-1-5-13(16)17/h1-2,5,8,14-16,18H,3-4,6-7,9-12H2,(H2,20,21,22)/t14-,15+,16+,18-/m0/s1. The molecule has 1 saturated heterocycles. The molecule has 0 spiro atoms. The number of hydrogen-bond acceptors (Lipinski definition) is 3. The highest BCUT2D eigenvalue weighted by Crippen LogP contribution is 2.35. The molecule has 0 radical (unpaired) electrons. The van der Waals surface area contributed by atoms with Gasteiger partial charge in [0.1, 0.15) is 5.75 Å². The zero-order chi connectivity index (χ0) is 16.4. The predicted molar refractivity (Wildman–Crippen MR) is 91.1 cm³/mol. The largest absolute Gasteiger partial charge is 0.493 e. The lowest BCUT2D eigenvalue weighted by atomic mass is 9.82. The molecule has 3 aliphatic rings. The maximum absolute atomic E-state index is 12.6. The fourth-order valence-electron chi connectivity index (χ4n) is 4.40. The average Bonchev–Trinajstić information content (AvgIpc) is 2.99. The summed E-state index contributed by atoms with van der Waals surface area (Å²) in [4.78, 5) is 12.6. The highest BCUT2D eigenvalue weighted by Gasteiger charge is 2.38. The van der Waals surface area contributed by atoms with E-state index in [2.05, 4.69) is 10.6 Å². The maximum Gasteiger partial charge on any atom is 0.315 e. The Morgan fingerprint density at radius 3 is 2.88 bits per heavy atom. The summed E-state index contributed by atoms with van der Waals surface area (Å²) in [6.07, 6.45) is 6.59. The van der Waals surface area contributed by atoms with E-state index < -0.39 is 0 Å². The zero-order valence-corrected chi connectivity index (χ0v) is 14.0. The van der Waals surface area contributed by atoms with Gasteiger partial charge in [-0.3, -0.25) is 0 Å². The number of carbonyl (C=O) groups excluding carboxylic acids is 1.